The van der Waals surface area contributed by atoms with E-state index in [1.54, 1.807) is 6.92 Å². The van der Waals surface area contributed by atoms with Crippen molar-refractivity contribution in [1.29, 1.82) is 0 Å². The number of esters is 1. The molecule has 0 saturated carbocycles. The Morgan fingerprint density at radius 1 is 1.67 bits per heavy atom. The molecule has 7 heteroatoms. The normalized spacial score (nSPS) is 9.80. The Kier molecular flexibility index (Phi) is 4.58. The Bertz CT molecular complexity index is 339. The molecule has 1 N–H and O–H groups in total. The summed E-state index contributed by atoms with van der Waals surface area (Å²) in [5.41, 5.74) is 0. The van der Waals surface area contributed by atoms with E-state index in [0.717, 1.165) is 0 Å². The Balaban J connectivity index is 2.54. The van der Waals surface area contributed by atoms with Crippen molar-refractivity contribution in [2.45, 2.75) is 6.92 Å². The fourth-order valence-electron chi connectivity index (χ4n) is 0.855. The SMILES string of the molecule is CCOC(=O)CNc1cc(Cl)n[14c](Cl)n1. The number of anilines is 1. The van der Waals surface area contributed by atoms with Gasteiger partial charge in [-0.15, -0.1) is 0 Å². The van der Waals surface area contributed by atoms with Crippen molar-refractivity contribution < 1.29 is 9.53 Å². The van der Waals surface area contributed by atoms with Crippen LogP contribution in [0.25, 0.3) is 0 Å². The van der Waals surface area contributed by atoms with Gasteiger partial charge in [0.15, 0.2) is 0 Å². The molecule has 0 aliphatic carbocycles. The number of ether oxygens (including phenoxy) is 1. The van der Waals surface area contributed by atoms with Crippen molar-refractivity contribution in [3.8, 4) is 0 Å². The lowest BCUT2D eigenvalue weighted by molar-refractivity contribution is -0.140. The number of aromatic nitrogens is 2. The predicted molar refractivity (Wildman–Crippen MR) is 57.2 cm³/mol. The van der Waals surface area contributed by atoms with Crippen LogP contribution in [-0.4, -0.2) is 29.1 Å². The van der Waals surface area contributed by atoms with Gasteiger partial charge in [0, 0.05) is 6.07 Å². The maximum absolute atomic E-state index is 11.0. The highest BCUT2D eigenvalue weighted by Gasteiger charge is 2.04. The summed E-state index contributed by atoms with van der Waals surface area (Å²) in [4.78, 5) is 18.5. The number of halogens is 2. The Morgan fingerprint density at radius 2 is 2.40 bits per heavy atom. The van der Waals surface area contributed by atoms with Gasteiger partial charge < -0.3 is 10.1 Å². The molecule has 0 aromatic carbocycles. The number of carbonyl (C=O) groups is 1. The highest BCUT2D eigenvalue weighted by molar-refractivity contribution is 6.32. The molecule has 0 unspecified atom stereocenters. The van der Waals surface area contributed by atoms with Crippen LogP contribution in [0, 0.1) is 0 Å². The van der Waals surface area contributed by atoms with Crippen molar-refractivity contribution in [1.82, 2.24) is 9.97 Å². The molecule has 1 aromatic heterocycles. The minimum absolute atomic E-state index is 0.0114. The monoisotopic (exact) mass is 251 g/mol. The molecular weight excluding hydrogens is 243 g/mol. The fraction of sp³-hybridized carbons (Fsp3) is 0.375. The first-order chi connectivity index (χ1) is 7.11. The number of nitrogens with one attached hydrogen (secondary N) is 1. The highest BCUT2D eigenvalue weighted by atomic mass is 35.5. The second-order valence-electron chi connectivity index (χ2n) is 2.50. The number of hydrogen-bond donors (Lipinski definition) is 1. The summed E-state index contributed by atoms with van der Waals surface area (Å²) in [6.07, 6.45) is 0. The van der Waals surface area contributed by atoms with Crippen molar-refractivity contribution in [2.75, 3.05) is 18.5 Å². The molecule has 0 radical (unpaired) electrons. The van der Waals surface area contributed by atoms with Crippen LogP contribution in [0.1, 0.15) is 6.92 Å². The van der Waals surface area contributed by atoms with Gasteiger partial charge in [0.2, 0.25) is 5.28 Å². The summed E-state index contributed by atoms with van der Waals surface area (Å²) in [6, 6.07) is 1.46. The molecule has 15 heavy (non-hydrogen) atoms. The molecule has 1 aromatic rings. The van der Waals surface area contributed by atoms with Crippen molar-refractivity contribution in [3.05, 3.63) is 16.5 Å². The third-order valence-corrected chi connectivity index (χ3v) is 1.75. The molecule has 0 aliphatic rings. The van der Waals surface area contributed by atoms with E-state index in [1.165, 1.54) is 6.07 Å². The maximum Gasteiger partial charge on any atom is 0.325 e. The molecule has 0 atom stereocenters. The minimum Gasteiger partial charge on any atom is -0.465 e. The summed E-state index contributed by atoms with van der Waals surface area (Å²) in [6.45, 7) is 2.08. The van der Waals surface area contributed by atoms with Crippen molar-refractivity contribution in [2.24, 2.45) is 0 Å². The van der Waals surface area contributed by atoms with Crippen LogP contribution >= 0.6 is 23.2 Å². The van der Waals surface area contributed by atoms with Gasteiger partial charge in [-0.25, -0.2) is 9.97 Å². The summed E-state index contributed by atoms with van der Waals surface area (Å²) >= 11 is 11.2. The second-order valence-corrected chi connectivity index (χ2v) is 3.23. The lowest BCUT2D eigenvalue weighted by atomic mass is 10.5. The standard InChI is InChI=1S/C8H9Cl2N3O2/c1-2-15-7(14)4-11-6-3-5(9)12-8(10)13-6/h3H,2,4H2,1H3,(H,11,12,13)/i8+2. The third-order valence-electron chi connectivity index (χ3n) is 1.39. The summed E-state index contributed by atoms with van der Waals surface area (Å²) < 4.78 is 4.71. The maximum atomic E-state index is 11.0. The van der Waals surface area contributed by atoms with Crippen LogP contribution in [0.3, 0.4) is 0 Å². The molecule has 1 heterocycles. The second kappa shape index (κ2) is 5.72. The van der Waals surface area contributed by atoms with Crippen LogP contribution in [0.2, 0.25) is 10.4 Å². The first-order valence-corrected chi connectivity index (χ1v) is 4.97. The zero-order valence-corrected chi connectivity index (χ0v) is 9.47. The zero-order valence-electron chi connectivity index (χ0n) is 7.96. The van der Waals surface area contributed by atoms with E-state index in [-0.39, 0.29) is 23.0 Å². The topological polar surface area (TPSA) is 64.1 Å². The molecule has 0 aliphatic heterocycles. The first kappa shape index (κ1) is 12.0. The van der Waals surface area contributed by atoms with Crippen LogP contribution in [0.15, 0.2) is 6.07 Å². The van der Waals surface area contributed by atoms with Gasteiger partial charge in [-0.2, -0.15) is 0 Å². The summed E-state index contributed by atoms with van der Waals surface area (Å²) in [5.74, 6) is 0.0106. The van der Waals surface area contributed by atoms with Crippen LogP contribution < -0.4 is 5.32 Å². The molecule has 0 spiro atoms. The van der Waals surface area contributed by atoms with E-state index < -0.39 is 0 Å². The van der Waals surface area contributed by atoms with Gasteiger partial charge in [0.1, 0.15) is 17.5 Å². The average molecular weight is 252 g/mol. The van der Waals surface area contributed by atoms with E-state index in [2.05, 4.69) is 15.3 Å². The highest BCUT2D eigenvalue weighted by Crippen LogP contribution is 2.13. The average Bonchev–Trinajstić information content (AvgIpc) is 2.14. The summed E-state index contributed by atoms with van der Waals surface area (Å²) in [7, 11) is 0. The molecular formula is C8H9Cl2N3O2. The molecule has 82 valence electrons. The van der Waals surface area contributed by atoms with Gasteiger partial charge in [-0.1, -0.05) is 11.6 Å². The number of rotatable bonds is 4. The van der Waals surface area contributed by atoms with Gasteiger partial charge >= 0.3 is 5.97 Å². The Hall–Kier alpha value is -1.07. The van der Waals surface area contributed by atoms with E-state index in [4.69, 9.17) is 27.9 Å². The van der Waals surface area contributed by atoms with Gasteiger partial charge in [0.25, 0.3) is 0 Å². The lowest BCUT2D eigenvalue weighted by Gasteiger charge is -2.05. The molecule has 0 amide bonds. The minimum atomic E-state index is -0.372. The smallest absolute Gasteiger partial charge is 0.325 e. The van der Waals surface area contributed by atoms with Gasteiger partial charge in [0.05, 0.1) is 6.61 Å². The number of hydrogen-bond acceptors (Lipinski definition) is 5. The third kappa shape index (κ3) is 4.31. The molecule has 5 nitrogen and oxygen atoms in total. The quantitative estimate of drug-likeness (QED) is 0.502. The molecule has 0 fully saturated rings. The number of nitrogens with zero attached hydrogens (tertiary/aromatic N) is 2. The van der Waals surface area contributed by atoms with Crippen LogP contribution in [-0.2, 0) is 9.53 Å². The lowest BCUT2D eigenvalue weighted by Crippen LogP contribution is -2.17. The Labute approximate surface area is 96.8 Å². The fourth-order valence-corrected chi connectivity index (χ4v) is 1.26. The van der Waals surface area contributed by atoms with E-state index in [1.807, 2.05) is 0 Å². The van der Waals surface area contributed by atoms with E-state index in [9.17, 15) is 4.79 Å². The van der Waals surface area contributed by atoms with Crippen LogP contribution in [0.5, 0.6) is 0 Å². The van der Waals surface area contributed by atoms with E-state index >= 15 is 0 Å². The van der Waals surface area contributed by atoms with Crippen molar-refractivity contribution >= 4 is 35.0 Å². The number of carbonyl (C=O) groups excluding carboxylic acids is 1. The zero-order chi connectivity index (χ0) is 11.3. The molecule has 0 bridgehead atoms. The Morgan fingerprint density at radius 3 is 3.00 bits per heavy atom. The van der Waals surface area contributed by atoms with Crippen molar-refractivity contribution in [3.63, 3.8) is 0 Å². The van der Waals surface area contributed by atoms with Gasteiger partial charge in [-0.3, -0.25) is 4.79 Å². The predicted octanol–water partition coefficient (Wildman–Crippen LogP) is 1.76. The molecule has 0 saturated heterocycles. The molecule has 1 rings (SSSR count). The van der Waals surface area contributed by atoms with Crippen LogP contribution in [0.4, 0.5) is 5.82 Å². The van der Waals surface area contributed by atoms with Gasteiger partial charge in [-0.05, 0) is 18.5 Å². The summed E-state index contributed by atoms with van der Waals surface area (Å²) in [5, 5.41) is 2.95. The largest absolute Gasteiger partial charge is 0.465 e. The first-order valence-electron chi connectivity index (χ1n) is 4.21. The van der Waals surface area contributed by atoms with E-state index in [0.29, 0.717) is 12.4 Å².